The van der Waals surface area contributed by atoms with E-state index in [0.29, 0.717) is 11.5 Å². The van der Waals surface area contributed by atoms with Crippen LogP contribution in [0.15, 0.2) is 48.5 Å². The molecule has 0 aliphatic rings. The molecule has 0 aromatic heterocycles. The molecule has 0 fully saturated rings. The van der Waals surface area contributed by atoms with Gasteiger partial charge in [-0.15, -0.1) is 0 Å². The monoisotopic (exact) mass is 662 g/mol. The average Bonchev–Trinajstić information content (AvgIpc) is 3.00. The number of para-hydroxylation sites is 2. The maximum atomic E-state index is 12.8. The van der Waals surface area contributed by atoms with Crippen molar-refractivity contribution in [3.63, 3.8) is 0 Å². The van der Waals surface area contributed by atoms with Gasteiger partial charge >= 0.3 is 11.9 Å². The van der Waals surface area contributed by atoms with Gasteiger partial charge in [-0.05, 0) is 48.9 Å². The summed E-state index contributed by atoms with van der Waals surface area (Å²) in [5.41, 5.74) is 1.92. The Morgan fingerprint density at radius 2 is 1.07 bits per heavy atom. The van der Waals surface area contributed by atoms with Gasteiger partial charge in [0, 0.05) is 13.8 Å². The van der Waals surface area contributed by atoms with Crippen molar-refractivity contribution in [2.24, 2.45) is 0 Å². The first-order chi connectivity index (χ1) is 22.0. The number of hydrogen-bond donors (Lipinski definition) is 1. The molecule has 1 N–H and O–H groups in total. The maximum Gasteiger partial charge on any atom is 0.330 e. The van der Waals surface area contributed by atoms with Gasteiger partial charge in [-0.1, -0.05) is 114 Å². The van der Waals surface area contributed by atoms with Crippen LogP contribution in [-0.4, -0.2) is 42.7 Å². The lowest BCUT2D eigenvalue weighted by atomic mass is 10.0. The molecule has 46 heavy (non-hydrogen) atoms. The van der Waals surface area contributed by atoms with Crippen molar-refractivity contribution in [1.29, 1.82) is 0 Å². The normalized spacial score (nSPS) is 13.4. The Morgan fingerprint density at radius 3 is 1.52 bits per heavy atom. The van der Waals surface area contributed by atoms with Crippen LogP contribution in [0, 0.1) is 0 Å². The highest BCUT2D eigenvalue weighted by Gasteiger charge is 2.37. The van der Waals surface area contributed by atoms with E-state index in [9.17, 15) is 22.6 Å². The first-order valence-corrected chi connectivity index (χ1v) is 18.4. The molecule has 0 saturated carbocycles. The summed E-state index contributed by atoms with van der Waals surface area (Å²) in [6.45, 7) is 7.31. The average molecular weight is 663 g/mol. The van der Waals surface area contributed by atoms with Gasteiger partial charge in [0.1, 0.15) is 11.5 Å². The number of rotatable bonds is 24. The molecule has 0 heterocycles. The standard InChI is InChI=1S/C36H54O9S/c1-5-7-9-11-13-15-21-30-23-17-19-25-32(30)42-28(3)44-35(37)27-34(46(39,40)41)36(38)45-29(4)43-33-26-20-18-24-31(33)22-16-14-12-10-8-6-2/h17-20,23-26,28-29,34H,5-16,21-22,27H2,1-4H3,(H,39,40,41). The zero-order valence-electron chi connectivity index (χ0n) is 28.1. The van der Waals surface area contributed by atoms with Crippen molar-refractivity contribution in [3.8, 4) is 11.5 Å². The van der Waals surface area contributed by atoms with E-state index >= 15 is 0 Å². The van der Waals surface area contributed by atoms with Crippen LogP contribution in [0.4, 0.5) is 0 Å². The minimum Gasteiger partial charge on any atom is -0.455 e. The Kier molecular flexibility index (Phi) is 18.4. The van der Waals surface area contributed by atoms with Crippen LogP contribution in [0.25, 0.3) is 0 Å². The van der Waals surface area contributed by atoms with E-state index in [1.54, 1.807) is 18.2 Å². The molecule has 10 heteroatoms. The summed E-state index contributed by atoms with van der Waals surface area (Å²) in [5, 5.41) is -2.18. The fourth-order valence-corrected chi connectivity index (χ4v) is 5.83. The van der Waals surface area contributed by atoms with Gasteiger partial charge in [-0.25, -0.2) is 0 Å². The Morgan fingerprint density at radius 1 is 0.652 bits per heavy atom. The van der Waals surface area contributed by atoms with E-state index in [2.05, 4.69) is 13.8 Å². The zero-order chi connectivity index (χ0) is 33.8. The van der Waals surface area contributed by atoms with Crippen molar-refractivity contribution in [3.05, 3.63) is 59.7 Å². The van der Waals surface area contributed by atoms with E-state index in [0.717, 1.165) is 49.7 Å². The van der Waals surface area contributed by atoms with Gasteiger partial charge in [-0.3, -0.25) is 14.1 Å². The molecule has 9 nitrogen and oxygen atoms in total. The number of ether oxygens (including phenoxy) is 4. The first-order valence-electron chi connectivity index (χ1n) is 16.9. The van der Waals surface area contributed by atoms with Gasteiger partial charge in [0.05, 0.1) is 6.42 Å². The van der Waals surface area contributed by atoms with Gasteiger partial charge in [0.25, 0.3) is 10.1 Å². The molecule has 258 valence electrons. The summed E-state index contributed by atoms with van der Waals surface area (Å²) in [6, 6.07) is 14.8. The first kappa shape index (κ1) is 39.1. The second kappa shape index (κ2) is 21.6. The van der Waals surface area contributed by atoms with Gasteiger partial charge in [-0.2, -0.15) is 8.42 Å². The number of esters is 2. The number of carbonyl (C=O) groups is 2. The quantitative estimate of drug-likeness (QED) is 0.0511. The van der Waals surface area contributed by atoms with Gasteiger partial charge in [0.15, 0.2) is 5.25 Å². The van der Waals surface area contributed by atoms with E-state index in [4.69, 9.17) is 18.9 Å². The van der Waals surface area contributed by atoms with Crippen LogP contribution < -0.4 is 9.47 Å². The molecule has 0 spiro atoms. The maximum absolute atomic E-state index is 12.8. The lowest BCUT2D eigenvalue weighted by Gasteiger charge is -2.21. The number of benzene rings is 2. The predicted molar refractivity (Wildman–Crippen MR) is 179 cm³/mol. The molecule has 0 aliphatic carbocycles. The van der Waals surface area contributed by atoms with E-state index in [1.807, 2.05) is 30.3 Å². The highest BCUT2D eigenvalue weighted by Crippen LogP contribution is 2.24. The van der Waals surface area contributed by atoms with Crippen LogP contribution in [0.2, 0.25) is 0 Å². The molecule has 3 atom stereocenters. The minimum atomic E-state index is -5.00. The van der Waals surface area contributed by atoms with Crippen LogP contribution in [-0.2, 0) is 42.0 Å². The summed E-state index contributed by atoms with van der Waals surface area (Å²) >= 11 is 0. The van der Waals surface area contributed by atoms with Crippen LogP contribution in [0.1, 0.15) is 122 Å². The van der Waals surface area contributed by atoms with Crippen molar-refractivity contribution < 1.29 is 41.5 Å². The van der Waals surface area contributed by atoms with E-state index in [-0.39, 0.29) is 0 Å². The molecular weight excluding hydrogens is 608 g/mol. The SMILES string of the molecule is CCCCCCCCc1ccccc1OC(C)OC(=O)CC(C(=O)OC(C)Oc1ccccc1CCCCCCCC)S(=O)(=O)O. The molecule has 0 aliphatic heterocycles. The largest absolute Gasteiger partial charge is 0.455 e. The van der Waals surface area contributed by atoms with Crippen molar-refractivity contribution >= 4 is 22.1 Å². The third-order valence-corrected chi connectivity index (χ3v) is 8.76. The number of carbonyl (C=O) groups excluding carboxylic acids is 2. The molecule has 2 aromatic carbocycles. The highest BCUT2D eigenvalue weighted by atomic mass is 32.2. The fraction of sp³-hybridized carbons (Fsp3) is 0.611. The zero-order valence-corrected chi connectivity index (χ0v) is 28.9. The number of hydrogen-bond acceptors (Lipinski definition) is 8. The lowest BCUT2D eigenvalue weighted by molar-refractivity contribution is -0.168. The van der Waals surface area contributed by atoms with E-state index in [1.165, 1.54) is 65.2 Å². The number of unbranched alkanes of at least 4 members (excludes halogenated alkanes) is 10. The number of aryl methyl sites for hydroxylation is 2. The summed E-state index contributed by atoms with van der Waals surface area (Å²) in [7, 11) is -5.00. The topological polar surface area (TPSA) is 125 Å². The minimum absolute atomic E-state index is 0.516. The second-order valence-corrected chi connectivity index (χ2v) is 13.4. The molecule has 0 amide bonds. The Bertz CT molecular complexity index is 1280. The lowest BCUT2D eigenvalue weighted by Crippen LogP contribution is -2.38. The molecule has 0 radical (unpaired) electrons. The van der Waals surface area contributed by atoms with Gasteiger partial charge in [0.2, 0.25) is 12.6 Å². The molecule has 0 bridgehead atoms. The molecule has 3 unspecified atom stereocenters. The molecule has 2 rings (SSSR count). The molecule has 0 saturated heterocycles. The Hall–Kier alpha value is -3.11. The fourth-order valence-electron chi connectivity index (χ4n) is 5.18. The smallest absolute Gasteiger partial charge is 0.330 e. The second-order valence-electron chi connectivity index (χ2n) is 11.8. The molecular formula is C36H54O9S. The third-order valence-electron chi connectivity index (χ3n) is 7.68. The predicted octanol–water partition coefficient (Wildman–Crippen LogP) is 8.38. The van der Waals surface area contributed by atoms with E-state index < -0.39 is 46.3 Å². The summed E-state index contributed by atoms with van der Waals surface area (Å²) in [4.78, 5) is 25.5. The van der Waals surface area contributed by atoms with Crippen LogP contribution in [0.3, 0.4) is 0 Å². The molecule has 2 aromatic rings. The summed E-state index contributed by atoms with van der Waals surface area (Å²) in [5.74, 6) is -1.29. The van der Waals surface area contributed by atoms with Crippen molar-refractivity contribution in [2.75, 3.05) is 0 Å². The highest BCUT2D eigenvalue weighted by molar-refractivity contribution is 7.87. The van der Waals surface area contributed by atoms with Gasteiger partial charge < -0.3 is 18.9 Å². The van der Waals surface area contributed by atoms with Crippen LogP contribution >= 0.6 is 0 Å². The van der Waals surface area contributed by atoms with Crippen molar-refractivity contribution in [1.82, 2.24) is 0 Å². The summed E-state index contributed by atoms with van der Waals surface area (Å²) in [6.07, 6.45) is 12.2. The Labute approximate surface area is 276 Å². The third kappa shape index (κ3) is 15.5. The Balaban J connectivity index is 1.91. The van der Waals surface area contributed by atoms with Crippen molar-refractivity contribution in [2.45, 2.75) is 142 Å². The van der Waals surface area contributed by atoms with Crippen LogP contribution in [0.5, 0.6) is 11.5 Å². The summed E-state index contributed by atoms with van der Waals surface area (Å²) < 4.78 is 56.1.